The lowest BCUT2D eigenvalue weighted by Gasteiger charge is -2.20. The Morgan fingerprint density at radius 3 is 2.44 bits per heavy atom. The summed E-state index contributed by atoms with van der Waals surface area (Å²) in [6.07, 6.45) is 10.6. The molecule has 140 valence electrons. The van der Waals surface area contributed by atoms with E-state index in [2.05, 4.69) is 5.10 Å². The van der Waals surface area contributed by atoms with Gasteiger partial charge in [-0.1, -0.05) is 43.9 Å². The summed E-state index contributed by atoms with van der Waals surface area (Å²) in [5, 5.41) is 4.45. The van der Waals surface area contributed by atoms with E-state index in [0.717, 1.165) is 25.7 Å². The predicted molar refractivity (Wildman–Crippen MR) is 103 cm³/mol. The molecule has 0 radical (unpaired) electrons. The van der Waals surface area contributed by atoms with Gasteiger partial charge in [-0.3, -0.25) is 4.79 Å². The van der Waals surface area contributed by atoms with E-state index in [-0.39, 0.29) is 5.56 Å². The van der Waals surface area contributed by atoms with E-state index in [4.69, 9.17) is 4.74 Å². The highest BCUT2D eigenvalue weighted by atomic mass is 16.5. The summed E-state index contributed by atoms with van der Waals surface area (Å²) < 4.78 is 8.34. The number of carbonyl (C=O) groups excluding carboxylic acids is 1. The first-order valence-corrected chi connectivity index (χ1v) is 9.47. The second kappa shape index (κ2) is 7.39. The first-order chi connectivity index (χ1) is 13.2. The first kappa shape index (κ1) is 17.5. The monoisotopic (exact) mass is 365 g/mol. The second-order valence-electron chi connectivity index (χ2n) is 7.07. The molecule has 1 aromatic carbocycles. The molecule has 0 amide bonds. The highest BCUT2D eigenvalue weighted by Crippen LogP contribution is 2.30. The number of esters is 1. The number of hydrogen-bond donors (Lipinski definition) is 0. The Hall–Kier alpha value is -2.89. The number of carbonyl (C=O) groups is 1. The molecule has 3 aliphatic rings. The number of hydrogen-bond acceptors (Lipinski definition) is 4. The molecule has 27 heavy (non-hydrogen) atoms. The van der Waals surface area contributed by atoms with Crippen LogP contribution in [0.15, 0.2) is 47.5 Å². The zero-order valence-corrected chi connectivity index (χ0v) is 15.4. The van der Waals surface area contributed by atoms with Gasteiger partial charge >= 0.3 is 5.97 Å². The highest BCUT2D eigenvalue weighted by Gasteiger charge is 2.26. The van der Waals surface area contributed by atoms with Gasteiger partial charge < -0.3 is 9.30 Å². The smallest absolute Gasteiger partial charge is 0.341 e. The normalized spacial score (nSPS) is 15.6. The molecule has 0 spiro atoms. The SMILES string of the molecule is COC(=O)c1cn(C2CCCCCC2)cc2c(=O)n(-c3ccccc3)nc1-2. The molecule has 4 rings (SSSR count). The Balaban J connectivity index is 1.89. The number of rotatable bonds is 3. The maximum Gasteiger partial charge on any atom is 0.341 e. The molecule has 0 atom stereocenters. The minimum Gasteiger partial charge on any atom is -0.465 e. The van der Waals surface area contributed by atoms with Gasteiger partial charge in [-0.25, -0.2) is 4.79 Å². The van der Waals surface area contributed by atoms with Gasteiger partial charge in [-0.05, 0) is 25.0 Å². The minimum atomic E-state index is -0.472. The Morgan fingerprint density at radius 1 is 1.07 bits per heavy atom. The van der Waals surface area contributed by atoms with Crippen LogP contribution in [0.25, 0.3) is 16.9 Å². The van der Waals surface area contributed by atoms with E-state index in [1.165, 1.54) is 24.6 Å². The molecule has 0 unspecified atom stereocenters. The Bertz CT molecular complexity index is 966. The lowest BCUT2D eigenvalue weighted by atomic mass is 10.1. The van der Waals surface area contributed by atoms with Crippen LogP contribution in [0, 0.1) is 0 Å². The van der Waals surface area contributed by atoms with Crippen molar-refractivity contribution in [3.63, 3.8) is 0 Å². The summed E-state index contributed by atoms with van der Waals surface area (Å²) in [7, 11) is 1.35. The van der Waals surface area contributed by atoms with E-state index in [1.54, 1.807) is 6.20 Å². The van der Waals surface area contributed by atoms with Gasteiger partial charge in [0.2, 0.25) is 0 Å². The molecule has 1 saturated carbocycles. The number of methoxy groups -OCH3 is 1. The molecule has 1 aromatic rings. The van der Waals surface area contributed by atoms with Crippen LogP contribution in [0.1, 0.15) is 54.9 Å². The van der Waals surface area contributed by atoms with E-state index in [9.17, 15) is 9.59 Å². The molecule has 0 saturated heterocycles. The molecule has 0 bridgehead atoms. The van der Waals surface area contributed by atoms with Crippen LogP contribution >= 0.6 is 0 Å². The third-order valence-corrected chi connectivity index (χ3v) is 5.34. The molecule has 2 heterocycles. The lowest BCUT2D eigenvalue weighted by Crippen LogP contribution is -2.17. The fourth-order valence-electron chi connectivity index (χ4n) is 3.90. The summed E-state index contributed by atoms with van der Waals surface area (Å²) in [5.41, 5.74) is 1.64. The van der Waals surface area contributed by atoms with Gasteiger partial charge in [0.25, 0.3) is 5.56 Å². The molecule has 0 N–H and O–H groups in total. The average molecular weight is 365 g/mol. The van der Waals surface area contributed by atoms with Crippen LogP contribution in [-0.4, -0.2) is 27.4 Å². The minimum absolute atomic E-state index is 0.218. The van der Waals surface area contributed by atoms with Crippen LogP contribution in [0.4, 0.5) is 0 Å². The molecule has 2 aliphatic heterocycles. The van der Waals surface area contributed by atoms with Crippen LogP contribution in [0.2, 0.25) is 0 Å². The van der Waals surface area contributed by atoms with Crippen molar-refractivity contribution in [2.45, 2.75) is 44.6 Å². The molecular weight excluding hydrogens is 342 g/mol. The summed E-state index contributed by atoms with van der Waals surface area (Å²) in [5.74, 6) is -0.472. The molecule has 6 nitrogen and oxygen atoms in total. The molecule has 0 aromatic heterocycles. The molecule has 6 heteroatoms. The van der Waals surface area contributed by atoms with Crippen molar-refractivity contribution in [3.8, 4) is 16.9 Å². The Kier molecular flexibility index (Phi) is 4.79. The van der Waals surface area contributed by atoms with Crippen LogP contribution in [0.5, 0.6) is 0 Å². The average Bonchev–Trinajstić information content (AvgIpc) is 2.89. The topological polar surface area (TPSA) is 66.1 Å². The van der Waals surface area contributed by atoms with Gasteiger partial charge in [0, 0.05) is 18.4 Å². The van der Waals surface area contributed by atoms with Crippen molar-refractivity contribution in [2.24, 2.45) is 0 Å². The van der Waals surface area contributed by atoms with E-state index >= 15 is 0 Å². The van der Waals surface area contributed by atoms with E-state index in [1.807, 2.05) is 41.1 Å². The highest BCUT2D eigenvalue weighted by molar-refractivity contribution is 5.96. The number of fused-ring (bicyclic) bond motifs is 1. The third-order valence-electron chi connectivity index (χ3n) is 5.34. The number of nitrogens with zero attached hydrogens (tertiary/aromatic N) is 3. The largest absolute Gasteiger partial charge is 0.465 e. The van der Waals surface area contributed by atoms with Gasteiger partial charge in [0.05, 0.1) is 18.4 Å². The number of benzene rings is 1. The number of ether oxygens (including phenoxy) is 1. The Morgan fingerprint density at radius 2 is 1.78 bits per heavy atom. The Labute approximate surface area is 157 Å². The maximum atomic E-state index is 13.0. The first-order valence-electron chi connectivity index (χ1n) is 9.47. The van der Waals surface area contributed by atoms with Gasteiger partial charge in [-0.2, -0.15) is 9.78 Å². The van der Waals surface area contributed by atoms with Gasteiger partial charge in [0.15, 0.2) is 0 Å². The number of aromatic nitrogens is 3. The maximum absolute atomic E-state index is 13.0. The van der Waals surface area contributed by atoms with Crippen LogP contribution in [-0.2, 0) is 4.74 Å². The van der Waals surface area contributed by atoms with E-state index < -0.39 is 5.97 Å². The van der Waals surface area contributed by atoms with Crippen molar-refractivity contribution in [2.75, 3.05) is 7.11 Å². The van der Waals surface area contributed by atoms with Crippen molar-refractivity contribution >= 4 is 5.97 Å². The van der Waals surface area contributed by atoms with Crippen molar-refractivity contribution in [1.82, 2.24) is 14.3 Å². The summed E-state index contributed by atoms with van der Waals surface area (Å²) >= 11 is 0. The van der Waals surface area contributed by atoms with Crippen molar-refractivity contribution in [1.29, 1.82) is 0 Å². The quantitative estimate of drug-likeness (QED) is 0.523. The second-order valence-corrected chi connectivity index (χ2v) is 7.07. The molecular formula is C21H23N3O3. The fourth-order valence-corrected chi connectivity index (χ4v) is 3.90. The summed E-state index contributed by atoms with van der Waals surface area (Å²) in [4.78, 5) is 25.4. The van der Waals surface area contributed by atoms with Crippen molar-refractivity contribution < 1.29 is 9.53 Å². The van der Waals surface area contributed by atoms with Crippen LogP contribution < -0.4 is 5.56 Å². The standard InChI is InChI=1S/C21H23N3O3/c1-27-21(26)18-14-23(15-9-5-2-3-6-10-15)13-17-19(18)22-24(20(17)25)16-11-7-4-8-12-16/h4,7-8,11-15H,2-3,5-6,9-10H2,1H3. The van der Waals surface area contributed by atoms with Gasteiger partial charge in [-0.15, -0.1) is 0 Å². The van der Waals surface area contributed by atoms with Crippen molar-refractivity contribution in [3.05, 3.63) is 58.6 Å². The zero-order valence-electron chi connectivity index (χ0n) is 15.4. The van der Waals surface area contributed by atoms with Gasteiger partial charge in [0.1, 0.15) is 11.3 Å². The van der Waals surface area contributed by atoms with E-state index in [0.29, 0.717) is 28.6 Å². The summed E-state index contributed by atoms with van der Waals surface area (Å²) in [6.45, 7) is 0. The summed E-state index contributed by atoms with van der Waals surface area (Å²) in [6, 6.07) is 9.54. The lowest BCUT2D eigenvalue weighted by molar-refractivity contribution is 0.0600. The zero-order chi connectivity index (χ0) is 18.8. The molecule has 1 fully saturated rings. The number of para-hydroxylation sites is 1. The third kappa shape index (κ3) is 3.27. The van der Waals surface area contributed by atoms with Crippen LogP contribution in [0.3, 0.4) is 0 Å². The predicted octanol–water partition coefficient (Wildman–Crippen LogP) is 3.82. The fraction of sp³-hybridized carbons (Fsp3) is 0.381. The molecule has 1 aliphatic carbocycles. The number of pyridine rings is 1.